The molecule has 0 atom stereocenters. The number of nitrogens with one attached hydrogen (secondary N) is 3. The molecule has 3 N–H and O–H groups in total. The molecule has 9 heteroatoms. The number of sulfonamides is 1. The van der Waals surface area contributed by atoms with E-state index in [1.807, 2.05) is 0 Å². The van der Waals surface area contributed by atoms with Gasteiger partial charge in [0.1, 0.15) is 5.76 Å². The first-order valence-corrected chi connectivity index (χ1v) is 9.74. The van der Waals surface area contributed by atoms with Crippen molar-refractivity contribution in [1.29, 1.82) is 0 Å². The van der Waals surface area contributed by atoms with Gasteiger partial charge in [0, 0.05) is 12.6 Å². The molecule has 0 bridgehead atoms. The molecule has 27 heavy (non-hydrogen) atoms. The van der Waals surface area contributed by atoms with E-state index in [1.54, 1.807) is 31.2 Å². The molecule has 2 amide bonds. The molecular weight excluding hydrogens is 370 g/mol. The molecule has 0 fully saturated rings. The lowest BCUT2D eigenvalue weighted by Gasteiger charge is -2.06. The van der Waals surface area contributed by atoms with E-state index >= 15 is 0 Å². The number of carbonyl (C=O) groups excluding carboxylic acids is 2. The second-order valence-corrected chi connectivity index (χ2v) is 7.24. The number of benzene rings is 1. The lowest BCUT2D eigenvalue weighted by atomic mass is 10.2. The summed E-state index contributed by atoms with van der Waals surface area (Å²) in [5, 5.41) is 5.02. The summed E-state index contributed by atoms with van der Waals surface area (Å²) in [7, 11) is -3.67. The zero-order chi connectivity index (χ0) is 19.7. The molecule has 0 aliphatic rings. The molecule has 8 nitrogen and oxygen atoms in total. The van der Waals surface area contributed by atoms with Crippen LogP contribution in [0.25, 0.3) is 6.08 Å². The predicted molar refractivity (Wildman–Crippen MR) is 99.9 cm³/mol. The largest absolute Gasteiger partial charge is 0.468 e. The molecule has 2 aromatic rings. The summed E-state index contributed by atoms with van der Waals surface area (Å²) in [6.45, 7) is 2.24. The Labute approximate surface area is 157 Å². The zero-order valence-electron chi connectivity index (χ0n) is 14.8. The highest BCUT2D eigenvalue weighted by atomic mass is 32.2. The van der Waals surface area contributed by atoms with Crippen LogP contribution in [0.5, 0.6) is 0 Å². The molecule has 1 heterocycles. The van der Waals surface area contributed by atoms with Crippen LogP contribution in [0.15, 0.2) is 58.1 Å². The summed E-state index contributed by atoms with van der Waals surface area (Å²) < 4.78 is 32.0. The Morgan fingerprint density at radius 3 is 2.48 bits per heavy atom. The minimum Gasteiger partial charge on any atom is -0.468 e. The van der Waals surface area contributed by atoms with Crippen LogP contribution in [-0.2, 0) is 26.2 Å². The van der Waals surface area contributed by atoms with E-state index in [4.69, 9.17) is 4.42 Å². The Hall–Kier alpha value is -2.91. The van der Waals surface area contributed by atoms with Crippen molar-refractivity contribution in [3.8, 4) is 0 Å². The van der Waals surface area contributed by atoms with Crippen LogP contribution in [0.2, 0.25) is 0 Å². The van der Waals surface area contributed by atoms with E-state index < -0.39 is 15.9 Å². The number of likely N-dealkylation sites (N-methyl/N-ethyl adjacent to an activating group) is 1. The van der Waals surface area contributed by atoms with E-state index in [9.17, 15) is 18.0 Å². The van der Waals surface area contributed by atoms with Gasteiger partial charge in [0.2, 0.25) is 21.8 Å². The summed E-state index contributed by atoms with van der Waals surface area (Å²) >= 11 is 0. The molecule has 1 aromatic heterocycles. The number of amides is 2. The van der Waals surface area contributed by atoms with Crippen molar-refractivity contribution in [3.05, 3.63) is 60.1 Å². The highest BCUT2D eigenvalue weighted by Crippen LogP contribution is 2.12. The van der Waals surface area contributed by atoms with Crippen LogP contribution in [0.4, 0.5) is 0 Å². The topological polar surface area (TPSA) is 118 Å². The summed E-state index contributed by atoms with van der Waals surface area (Å²) in [4.78, 5) is 23.0. The van der Waals surface area contributed by atoms with Gasteiger partial charge in [0.15, 0.2) is 0 Å². The average Bonchev–Trinajstić information content (AvgIpc) is 3.17. The maximum absolute atomic E-state index is 12.2. The minimum absolute atomic E-state index is 0.0583. The van der Waals surface area contributed by atoms with Gasteiger partial charge < -0.3 is 15.1 Å². The molecule has 1 aromatic carbocycles. The average molecular weight is 391 g/mol. The first-order valence-electron chi connectivity index (χ1n) is 8.25. The molecule has 0 saturated carbocycles. The van der Waals surface area contributed by atoms with E-state index in [0.29, 0.717) is 17.9 Å². The number of furan rings is 1. The monoisotopic (exact) mass is 391 g/mol. The van der Waals surface area contributed by atoms with Gasteiger partial charge in [-0.1, -0.05) is 12.1 Å². The second kappa shape index (κ2) is 9.70. The van der Waals surface area contributed by atoms with Crippen molar-refractivity contribution in [2.45, 2.75) is 18.4 Å². The summed E-state index contributed by atoms with van der Waals surface area (Å²) in [5.74, 6) is -0.175. The summed E-state index contributed by atoms with van der Waals surface area (Å²) in [6.07, 6.45) is 4.27. The Kier molecular flexibility index (Phi) is 7.33. The van der Waals surface area contributed by atoms with Gasteiger partial charge in [-0.15, -0.1) is 0 Å². The van der Waals surface area contributed by atoms with E-state index in [-0.39, 0.29) is 23.9 Å². The van der Waals surface area contributed by atoms with Crippen molar-refractivity contribution < 1.29 is 22.4 Å². The summed E-state index contributed by atoms with van der Waals surface area (Å²) in [5.41, 5.74) is 0.646. The quantitative estimate of drug-likeness (QED) is 0.552. The molecular formula is C18H21N3O5S. The highest BCUT2D eigenvalue weighted by Gasteiger charge is 2.13. The van der Waals surface area contributed by atoms with Gasteiger partial charge in [-0.3, -0.25) is 9.59 Å². The molecule has 0 unspecified atom stereocenters. The smallest absolute Gasteiger partial charge is 0.244 e. The fourth-order valence-electron chi connectivity index (χ4n) is 2.08. The van der Waals surface area contributed by atoms with Crippen molar-refractivity contribution in [2.75, 3.05) is 13.1 Å². The Morgan fingerprint density at radius 1 is 1.11 bits per heavy atom. The van der Waals surface area contributed by atoms with Gasteiger partial charge >= 0.3 is 0 Å². The lowest BCUT2D eigenvalue weighted by molar-refractivity contribution is -0.123. The molecule has 0 saturated heterocycles. The van der Waals surface area contributed by atoms with E-state index in [0.717, 1.165) is 0 Å². The maximum atomic E-state index is 12.2. The van der Waals surface area contributed by atoms with Crippen molar-refractivity contribution in [1.82, 2.24) is 15.4 Å². The first-order chi connectivity index (χ1) is 12.9. The third kappa shape index (κ3) is 6.72. The molecule has 144 valence electrons. The van der Waals surface area contributed by atoms with Crippen molar-refractivity contribution >= 4 is 27.9 Å². The molecule has 0 aliphatic heterocycles. The number of carbonyl (C=O) groups is 2. The lowest BCUT2D eigenvalue weighted by Crippen LogP contribution is -2.35. The Balaban J connectivity index is 1.90. The molecule has 0 radical (unpaired) electrons. The van der Waals surface area contributed by atoms with E-state index in [1.165, 1.54) is 30.5 Å². The SMILES string of the molecule is CCNC(=O)CNC(=O)/C=C/c1ccc(S(=O)(=O)NCc2ccco2)cc1. The van der Waals surface area contributed by atoms with Gasteiger partial charge in [-0.2, -0.15) is 0 Å². The van der Waals surface area contributed by atoms with Crippen molar-refractivity contribution in [3.63, 3.8) is 0 Å². The second-order valence-electron chi connectivity index (χ2n) is 5.48. The van der Waals surface area contributed by atoms with Crippen molar-refractivity contribution in [2.24, 2.45) is 0 Å². The predicted octanol–water partition coefficient (Wildman–Crippen LogP) is 1.02. The van der Waals surface area contributed by atoms with E-state index in [2.05, 4.69) is 15.4 Å². The molecule has 0 spiro atoms. The molecule has 0 aliphatic carbocycles. The number of hydrogen-bond acceptors (Lipinski definition) is 5. The van der Waals surface area contributed by atoms with Crippen LogP contribution in [0.3, 0.4) is 0 Å². The fraction of sp³-hybridized carbons (Fsp3) is 0.222. The van der Waals surface area contributed by atoms with Crippen LogP contribution in [0, 0.1) is 0 Å². The van der Waals surface area contributed by atoms with Crippen LogP contribution in [0.1, 0.15) is 18.2 Å². The van der Waals surface area contributed by atoms with Gasteiger partial charge in [-0.05, 0) is 42.8 Å². The normalized spacial score (nSPS) is 11.4. The van der Waals surface area contributed by atoms with Gasteiger partial charge in [0.25, 0.3) is 0 Å². The number of hydrogen-bond donors (Lipinski definition) is 3. The first kappa shape index (κ1) is 20.4. The Morgan fingerprint density at radius 2 is 1.85 bits per heavy atom. The van der Waals surface area contributed by atoms with Crippen LogP contribution >= 0.6 is 0 Å². The highest BCUT2D eigenvalue weighted by molar-refractivity contribution is 7.89. The molecule has 2 rings (SSSR count). The third-order valence-electron chi connectivity index (χ3n) is 3.43. The zero-order valence-corrected chi connectivity index (χ0v) is 15.6. The van der Waals surface area contributed by atoms with Crippen LogP contribution in [-0.4, -0.2) is 33.3 Å². The van der Waals surface area contributed by atoms with Gasteiger partial charge in [-0.25, -0.2) is 13.1 Å². The maximum Gasteiger partial charge on any atom is 0.244 e. The fourth-order valence-corrected chi connectivity index (χ4v) is 3.07. The summed E-state index contributed by atoms with van der Waals surface area (Å²) in [6, 6.07) is 9.39. The van der Waals surface area contributed by atoms with Crippen LogP contribution < -0.4 is 15.4 Å². The third-order valence-corrected chi connectivity index (χ3v) is 4.85. The Bertz CT molecular complexity index is 888. The minimum atomic E-state index is -3.67. The van der Waals surface area contributed by atoms with Gasteiger partial charge in [0.05, 0.1) is 24.2 Å². The number of rotatable bonds is 9. The standard InChI is InChI=1S/C18H21N3O5S/c1-2-19-18(23)13-20-17(22)10-7-14-5-8-16(9-6-14)27(24,25)21-12-15-4-3-11-26-15/h3-11,21H,2,12-13H2,1H3,(H,19,23)(H,20,22)/b10-7+.